The molecule has 92 valence electrons. The van der Waals surface area contributed by atoms with E-state index in [-0.39, 0.29) is 11.3 Å². The molecule has 0 unspecified atom stereocenters. The van der Waals surface area contributed by atoms with Gasteiger partial charge in [0.25, 0.3) is 5.91 Å². The van der Waals surface area contributed by atoms with Gasteiger partial charge in [0.05, 0.1) is 11.8 Å². The highest BCUT2D eigenvalue weighted by atomic mass is 19.1. The number of carbonyl (C=O) groups is 1. The van der Waals surface area contributed by atoms with Crippen LogP contribution in [0.4, 0.5) is 10.1 Å². The first kappa shape index (κ1) is 12.0. The number of carbonyl (C=O) groups excluding carboxylic acids is 1. The fourth-order valence-corrected chi connectivity index (χ4v) is 1.55. The van der Waals surface area contributed by atoms with E-state index in [0.717, 1.165) is 0 Å². The van der Waals surface area contributed by atoms with E-state index in [1.54, 1.807) is 6.07 Å². The molecule has 0 atom stereocenters. The van der Waals surface area contributed by atoms with Crippen LogP contribution in [-0.2, 0) is 0 Å². The zero-order valence-electron chi connectivity index (χ0n) is 9.67. The Balaban J connectivity index is 2.32. The first-order chi connectivity index (χ1) is 8.59. The van der Waals surface area contributed by atoms with Gasteiger partial charge in [0, 0.05) is 18.9 Å². The smallest absolute Gasteiger partial charge is 0.261 e. The fourth-order valence-electron chi connectivity index (χ4n) is 1.55. The number of pyridine rings is 1. The van der Waals surface area contributed by atoms with E-state index in [0.29, 0.717) is 5.69 Å². The van der Waals surface area contributed by atoms with Crippen LogP contribution in [0.15, 0.2) is 42.7 Å². The minimum atomic E-state index is -0.430. The molecule has 0 spiro atoms. The Morgan fingerprint density at radius 1 is 1.39 bits per heavy atom. The second kappa shape index (κ2) is 4.83. The lowest BCUT2D eigenvalue weighted by Crippen LogP contribution is -2.26. The van der Waals surface area contributed by atoms with Gasteiger partial charge >= 0.3 is 0 Å². The molecule has 1 aromatic heterocycles. The lowest BCUT2D eigenvalue weighted by Gasteiger charge is -2.17. The van der Waals surface area contributed by atoms with Crippen molar-refractivity contribution in [1.82, 2.24) is 4.98 Å². The van der Waals surface area contributed by atoms with Crippen molar-refractivity contribution < 1.29 is 14.3 Å². The number of amides is 1. The topological polar surface area (TPSA) is 53.4 Å². The van der Waals surface area contributed by atoms with Crippen LogP contribution < -0.4 is 4.90 Å². The van der Waals surface area contributed by atoms with Crippen molar-refractivity contribution in [3.8, 4) is 5.75 Å². The summed E-state index contributed by atoms with van der Waals surface area (Å²) in [7, 11) is 1.51. The Bertz CT molecular complexity index is 587. The molecule has 0 fully saturated rings. The Morgan fingerprint density at radius 3 is 2.83 bits per heavy atom. The lowest BCUT2D eigenvalue weighted by atomic mass is 10.2. The number of aromatic hydroxyl groups is 1. The molecule has 0 aliphatic rings. The molecule has 0 saturated carbocycles. The number of nitrogens with zero attached hydrogens (tertiary/aromatic N) is 2. The molecule has 1 N–H and O–H groups in total. The van der Waals surface area contributed by atoms with Crippen LogP contribution in [0, 0.1) is 5.82 Å². The molecule has 2 aromatic rings. The first-order valence-electron chi connectivity index (χ1n) is 5.26. The summed E-state index contributed by atoms with van der Waals surface area (Å²) in [5, 5.41) is 9.55. The van der Waals surface area contributed by atoms with Crippen LogP contribution in [0.3, 0.4) is 0 Å². The summed E-state index contributed by atoms with van der Waals surface area (Å²) in [5.74, 6) is -1.06. The van der Waals surface area contributed by atoms with Gasteiger partial charge in [-0.2, -0.15) is 0 Å². The molecule has 1 amide bonds. The monoisotopic (exact) mass is 246 g/mol. The van der Waals surface area contributed by atoms with Crippen molar-refractivity contribution in [2.45, 2.75) is 0 Å². The maximum absolute atomic E-state index is 13.1. The van der Waals surface area contributed by atoms with Gasteiger partial charge in [0.2, 0.25) is 0 Å². The molecular weight excluding hydrogens is 235 g/mol. The Morgan fingerprint density at radius 2 is 2.17 bits per heavy atom. The van der Waals surface area contributed by atoms with E-state index < -0.39 is 11.7 Å². The summed E-state index contributed by atoms with van der Waals surface area (Å²) in [6.07, 6.45) is 2.60. The number of anilines is 1. The molecule has 0 aliphatic carbocycles. The van der Waals surface area contributed by atoms with Gasteiger partial charge in [-0.15, -0.1) is 0 Å². The second-order valence-electron chi connectivity index (χ2n) is 3.74. The number of rotatable bonds is 2. The van der Waals surface area contributed by atoms with Crippen LogP contribution in [0.2, 0.25) is 0 Å². The molecule has 0 aliphatic heterocycles. The number of benzene rings is 1. The maximum atomic E-state index is 13.1. The highest BCUT2D eigenvalue weighted by molar-refractivity contribution is 6.07. The van der Waals surface area contributed by atoms with Gasteiger partial charge in [0.1, 0.15) is 11.6 Å². The van der Waals surface area contributed by atoms with Gasteiger partial charge in [-0.1, -0.05) is 6.07 Å². The Labute approximate surface area is 103 Å². The van der Waals surface area contributed by atoms with E-state index >= 15 is 0 Å². The zero-order chi connectivity index (χ0) is 13.1. The lowest BCUT2D eigenvalue weighted by molar-refractivity contribution is 0.0990. The zero-order valence-corrected chi connectivity index (χ0v) is 9.67. The minimum Gasteiger partial charge on any atom is -0.505 e. The molecule has 2 rings (SSSR count). The average molecular weight is 246 g/mol. The third-order valence-electron chi connectivity index (χ3n) is 2.53. The number of halogens is 1. The minimum absolute atomic E-state index is 0.122. The number of hydrogen-bond donors (Lipinski definition) is 1. The normalized spacial score (nSPS) is 10.1. The third-order valence-corrected chi connectivity index (χ3v) is 2.53. The molecule has 0 radical (unpaired) electrons. The highest BCUT2D eigenvalue weighted by Gasteiger charge is 2.17. The molecular formula is C13H11FN2O2. The van der Waals surface area contributed by atoms with E-state index in [2.05, 4.69) is 4.98 Å². The molecule has 4 nitrogen and oxygen atoms in total. The highest BCUT2D eigenvalue weighted by Crippen LogP contribution is 2.20. The van der Waals surface area contributed by atoms with E-state index in [4.69, 9.17) is 0 Å². The molecule has 5 heteroatoms. The van der Waals surface area contributed by atoms with Gasteiger partial charge in [-0.05, 0) is 24.3 Å². The van der Waals surface area contributed by atoms with Crippen molar-refractivity contribution in [3.63, 3.8) is 0 Å². The largest absolute Gasteiger partial charge is 0.505 e. The third kappa shape index (κ3) is 2.29. The van der Waals surface area contributed by atoms with Crippen molar-refractivity contribution in [3.05, 3.63) is 54.1 Å². The number of hydrogen-bond acceptors (Lipinski definition) is 3. The van der Waals surface area contributed by atoms with Gasteiger partial charge in [-0.3, -0.25) is 9.78 Å². The molecule has 0 bridgehead atoms. The van der Waals surface area contributed by atoms with Crippen LogP contribution in [0.1, 0.15) is 10.4 Å². The molecule has 1 heterocycles. The van der Waals surface area contributed by atoms with Crippen molar-refractivity contribution in [2.75, 3.05) is 11.9 Å². The van der Waals surface area contributed by atoms with E-state index in [1.165, 1.54) is 48.6 Å². The fraction of sp³-hybridized carbons (Fsp3) is 0.0769. The van der Waals surface area contributed by atoms with E-state index in [1.807, 2.05) is 0 Å². The Hall–Kier alpha value is -2.43. The molecule has 0 saturated heterocycles. The summed E-state index contributed by atoms with van der Waals surface area (Å²) in [6, 6.07) is 7.08. The summed E-state index contributed by atoms with van der Waals surface area (Å²) in [6.45, 7) is 0. The Kier molecular flexibility index (Phi) is 3.23. The first-order valence-corrected chi connectivity index (χ1v) is 5.26. The quantitative estimate of drug-likeness (QED) is 0.883. The maximum Gasteiger partial charge on any atom is 0.261 e. The van der Waals surface area contributed by atoms with Crippen LogP contribution in [0.25, 0.3) is 0 Å². The second-order valence-corrected chi connectivity index (χ2v) is 3.74. The summed E-state index contributed by atoms with van der Waals surface area (Å²) >= 11 is 0. The summed E-state index contributed by atoms with van der Waals surface area (Å²) in [5.41, 5.74) is 0.535. The van der Waals surface area contributed by atoms with Gasteiger partial charge in [0.15, 0.2) is 0 Å². The van der Waals surface area contributed by atoms with Crippen LogP contribution in [0.5, 0.6) is 5.75 Å². The predicted octanol–water partition coefficient (Wildman–Crippen LogP) is 2.20. The standard InChI is InChI=1S/C13H11FN2O2/c1-16(10-4-2-3-9(14)7-10)13(18)11-5-6-15-8-12(11)17/h2-8,17H,1H3. The number of aromatic nitrogens is 1. The molecule has 1 aromatic carbocycles. The SMILES string of the molecule is CN(C(=O)c1ccncc1O)c1cccc(F)c1. The van der Waals surface area contributed by atoms with Crippen molar-refractivity contribution in [1.29, 1.82) is 0 Å². The van der Waals surface area contributed by atoms with Crippen LogP contribution >= 0.6 is 0 Å². The summed E-state index contributed by atoms with van der Waals surface area (Å²) < 4.78 is 13.1. The van der Waals surface area contributed by atoms with Crippen molar-refractivity contribution >= 4 is 11.6 Å². The molecule has 18 heavy (non-hydrogen) atoms. The van der Waals surface area contributed by atoms with Crippen molar-refractivity contribution in [2.24, 2.45) is 0 Å². The van der Waals surface area contributed by atoms with Gasteiger partial charge < -0.3 is 10.0 Å². The average Bonchev–Trinajstić information content (AvgIpc) is 2.37. The van der Waals surface area contributed by atoms with E-state index in [9.17, 15) is 14.3 Å². The van der Waals surface area contributed by atoms with Gasteiger partial charge in [-0.25, -0.2) is 4.39 Å². The van der Waals surface area contributed by atoms with Crippen LogP contribution in [-0.4, -0.2) is 23.0 Å². The predicted molar refractivity (Wildman–Crippen MR) is 65.0 cm³/mol. The summed E-state index contributed by atoms with van der Waals surface area (Å²) in [4.78, 5) is 17.0.